The maximum atomic E-state index is 12.5. The number of benzene rings is 1. The van der Waals surface area contributed by atoms with Crippen LogP contribution in [-0.4, -0.2) is 9.78 Å². The van der Waals surface area contributed by atoms with Crippen LogP contribution < -0.4 is 5.73 Å². The van der Waals surface area contributed by atoms with Gasteiger partial charge in [-0.15, -0.1) is 5.10 Å². The van der Waals surface area contributed by atoms with Crippen molar-refractivity contribution < 1.29 is 13.2 Å². The lowest BCUT2D eigenvalue weighted by atomic mass is 10.2. The zero-order valence-electron chi connectivity index (χ0n) is 12.5. The largest absolute Gasteiger partial charge is 0.416 e. The molecule has 1 heterocycles. The van der Waals surface area contributed by atoms with Crippen molar-refractivity contribution in [3.05, 3.63) is 54.2 Å². The molecular formula is C16H18F3N3. The number of hydrogen-bond acceptors (Lipinski definition) is 2. The van der Waals surface area contributed by atoms with Crippen LogP contribution in [0.15, 0.2) is 37.4 Å². The molecule has 0 aliphatic rings. The summed E-state index contributed by atoms with van der Waals surface area (Å²) in [6, 6.07) is 4.64. The fraction of sp³-hybridized carbons (Fsp3) is 0.188. The summed E-state index contributed by atoms with van der Waals surface area (Å²) in [4.78, 5) is 0. The van der Waals surface area contributed by atoms with Crippen LogP contribution in [0.3, 0.4) is 0 Å². The SMILES string of the molecule is C=Cc1c(N)nn(-c2ccc(C(F)(F)F)cc2)c1C=C.CC. The molecule has 3 nitrogen and oxygen atoms in total. The van der Waals surface area contributed by atoms with Gasteiger partial charge in [-0.2, -0.15) is 13.2 Å². The third kappa shape index (κ3) is 3.39. The van der Waals surface area contributed by atoms with E-state index in [0.29, 0.717) is 16.9 Å². The predicted octanol–water partition coefficient (Wildman–Crippen LogP) is 4.79. The Hall–Kier alpha value is -2.50. The van der Waals surface area contributed by atoms with E-state index in [-0.39, 0.29) is 5.82 Å². The molecule has 0 aliphatic heterocycles. The van der Waals surface area contributed by atoms with Crippen LogP contribution in [-0.2, 0) is 6.18 Å². The first-order chi connectivity index (χ1) is 10.4. The van der Waals surface area contributed by atoms with Crippen molar-refractivity contribution in [2.24, 2.45) is 0 Å². The molecule has 2 aromatic rings. The number of nitrogen functional groups attached to an aromatic ring is 1. The monoisotopic (exact) mass is 309 g/mol. The molecule has 1 aromatic heterocycles. The molecule has 0 spiro atoms. The van der Waals surface area contributed by atoms with E-state index in [1.165, 1.54) is 29.0 Å². The maximum Gasteiger partial charge on any atom is 0.416 e. The van der Waals surface area contributed by atoms with Gasteiger partial charge in [-0.3, -0.25) is 0 Å². The zero-order chi connectivity index (χ0) is 16.9. The number of hydrogen-bond donors (Lipinski definition) is 1. The molecule has 0 saturated carbocycles. The van der Waals surface area contributed by atoms with E-state index in [4.69, 9.17) is 5.73 Å². The Bertz CT molecular complexity index is 653. The van der Waals surface area contributed by atoms with Gasteiger partial charge in [0, 0.05) is 5.56 Å². The van der Waals surface area contributed by atoms with Gasteiger partial charge in [0.25, 0.3) is 0 Å². The molecule has 0 saturated heterocycles. The molecule has 22 heavy (non-hydrogen) atoms. The van der Waals surface area contributed by atoms with Crippen molar-refractivity contribution in [3.8, 4) is 5.69 Å². The Morgan fingerprint density at radius 1 is 1.09 bits per heavy atom. The lowest BCUT2D eigenvalue weighted by Gasteiger charge is -2.09. The Labute approximate surface area is 127 Å². The van der Waals surface area contributed by atoms with E-state index in [0.717, 1.165) is 12.1 Å². The predicted molar refractivity (Wildman–Crippen MR) is 84.5 cm³/mol. The minimum absolute atomic E-state index is 0.245. The smallest absolute Gasteiger partial charge is 0.382 e. The van der Waals surface area contributed by atoms with Gasteiger partial charge in [0.05, 0.1) is 16.9 Å². The summed E-state index contributed by atoms with van der Waals surface area (Å²) in [5, 5.41) is 4.09. The summed E-state index contributed by atoms with van der Waals surface area (Å²) in [7, 11) is 0. The first kappa shape index (κ1) is 17.6. The lowest BCUT2D eigenvalue weighted by molar-refractivity contribution is -0.137. The standard InChI is InChI=1S/C14H12F3N3.C2H6/c1-3-11-12(4-2)20(19-13(11)18)10-7-5-9(6-8-10)14(15,16)17;1-2/h3-8H,1-2H2,(H2,18,19);1-2H3. The minimum atomic E-state index is -4.37. The van der Waals surface area contributed by atoms with E-state index in [9.17, 15) is 13.2 Å². The van der Waals surface area contributed by atoms with Crippen LogP contribution in [0.4, 0.5) is 19.0 Å². The number of nitrogens with zero attached hydrogens (tertiary/aromatic N) is 2. The number of alkyl halides is 3. The molecule has 0 amide bonds. The number of nitrogens with two attached hydrogens (primary N) is 1. The number of aromatic nitrogens is 2. The van der Waals surface area contributed by atoms with Crippen LogP contribution in [0.25, 0.3) is 17.8 Å². The summed E-state index contributed by atoms with van der Waals surface area (Å²) in [6.07, 6.45) is -1.31. The molecule has 118 valence electrons. The number of anilines is 1. The Balaban J connectivity index is 0.00000116. The van der Waals surface area contributed by atoms with E-state index >= 15 is 0 Å². The van der Waals surface area contributed by atoms with Crippen molar-refractivity contribution >= 4 is 18.0 Å². The van der Waals surface area contributed by atoms with Crippen LogP contribution in [0.5, 0.6) is 0 Å². The zero-order valence-corrected chi connectivity index (χ0v) is 12.5. The van der Waals surface area contributed by atoms with E-state index in [1.54, 1.807) is 0 Å². The van der Waals surface area contributed by atoms with Crippen LogP contribution in [0.1, 0.15) is 30.7 Å². The van der Waals surface area contributed by atoms with E-state index in [2.05, 4.69) is 18.3 Å². The highest BCUT2D eigenvalue weighted by Crippen LogP contribution is 2.30. The Kier molecular flexibility index (Phi) is 5.56. The molecule has 6 heteroatoms. The van der Waals surface area contributed by atoms with Gasteiger partial charge in [-0.25, -0.2) is 4.68 Å². The number of halogens is 3. The van der Waals surface area contributed by atoms with Gasteiger partial charge in [-0.05, 0) is 30.3 Å². The second kappa shape index (κ2) is 6.98. The second-order valence-electron chi connectivity index (χ2n) is 4.05. The van der Waals surface area contributed by atoms with Crippen molar-refractivity contribution in [2.75, 3.05) is 5.73 Å². The van der Waals surface area contributed by atoms with Crippen molar-refractivity contribution in [1.29, 1.82) is 0 Å². The Morgan fingerprint density at radius 2 is 1.64 bits per heavy atom. The summed E-state index contributed by atoms with van der Waals surface area (Å²) in [6.45, 7) is 11.3. The normalized spacial score (nSPS) is 10.6. The first-order valence-electron chi connectivity index (χ1n) is 6.69. The molecular weight excluding hydrogens is 291 g/mol. The molecule has 0 aliphatic carbocycles. The van der Waals surface area contributed by atoms with Gasteiger partial charge in [0.2, 0.25) is 0 Å². The van der Waals surface area contributed by atoms with Crippen LogP contribution >= 0.6 is 0 Å². The average Bonchev–Trinajstić information content (AvgIpc) is 2.84. The van der Waals surface area contributed by atoms with Crippen molar-refractivity contribution in [3.63, 3.8) is 0 Å². The third-order valence-electron chi connectivity index (χ3n) is 2.82. The highest BCUT2D eigenvalue weighted by molar-refractivity contribution is 5.71. The molecule has 0 atom stereocenters. The van der Waals surface area contributed by atoms with Crippen molar-refractivity contribution in [1.82, 2.24) is 9.78 Å². The molecule has 2 rings (SSSR count). The third-order valence-corrected chi connectivity index (χ3v) is 2.82. The first-order valence-corrected chi connectivity index (χ1v) is 6.69. The van der Waals surface area contributed by atoms with Gasteiger partial charge < -0.3 is 5.73 Å². The molecule has 0 radical (unpaired) electrons. The summed E-state index contributed by atoms with van der Waals surface area (Å²) in [5.41, 5.74) is 6.66. The lowest BCUT2D eigenvalue weighted by Crippen LogP contribution is -2.06. The van der Waals surface area contributed by atoms with Crippen LogP contribution in [0, 0.1) is 0 Å². The highest BCUT2D eigenvalue weighted by atomic mass is 19.4. The molecule has 0 unspecified atom stereocenters. The molecule has 2 N–H and O–H groups in total. The van der Waals surface area contributed by atoms with Crippen molar-refractivity contribution in [2.45, 2.75) is 20.0 Å². The van der Waals surface area contributed by atoms with E-state index < -0.39 is 11.7 Å². The topological polar surface area (TPSA) is 43.8 Å². The highest BCUT2D eigenvalue weighted by Gasteiger charge is 2.30. The summed E-state index contributed by atoms with van der Waals surface area (Å²) in [5.74, 6) is 0.245. The molecule has 0 bridgehead atoms. The molecule has 1 aromatic carbocycles. The van der Waals surface area contributed by atoms with Gasteiger partial charge in [0.15, 0.2) is 5.82 Å². The van der Waals surface area contributed by atoms with Gasteiger partial charge in [0.1, 0.15) is 0 Å². The summed E-state index contributed by atoms with van der Waals surface area (Å²) >= 11 is 0. The summed E-state index contributed by atoms with van der Waals surface area (Å²) < 4.78 is 39.0. The Morgan fingerprint density at radius 3 is 2.05 bits per heavy atom. The minimum Gasteiger partial charge on any atom is -0.382 e. The quantitative estimate of drug-likeness (QED) is 0.886. The van der Waals surface area contributed by atoms with Gasteiger partial charge >= 0.3 is 6.18 Å². The van der Waals surface area contributed by atoms with Crippen LogP contribution in [0.2, 0.25) is 0 Å². The maximum absolute atomic E-state index is 12.5. The van der Waals surface area contributed by atoms with E-state index in [1.807, 2.05) is 13.8 Å². The molecule has 0 fully saturated rings. The number of rotatable bonds is 3. The van der Waals surface area contributed by atoms with Gasteiger partial charge in [-0.1, -0.05) is 33.1 Å². The second-order valence-corrected chi connectivity index (χ2v) is 4.05. The fourth-order valence-electron chi connectivity index (χ4n) is 1.85. The average molecular weight is 309 g/mol. The fourth-order valence-corrected chi connectivity index (χ4v) is 1.85.